The van der Waals surface area contributed by atoms with Crippen molar-refractivity contribution < 1.29 is 13.2 Å². The molecule has 2 atom stereocenters. The molecule has 21 heavy (non-hydrogen) atoms. The fraction of sp³-hybridized carbons (Fsp3) is 0.500. The molecule has 1 fully saturated rings. The predicted molar refractivity (Wildman–Crippen MR) is 84.5 cm³/mol. The Hall–Kier alpha value is -1.05. The Balaban J connectivity index is 2.21. The van der Waals surface area contributed by atoms with Gasteiger partial charge in [-0.05, 0) is 25.5 Å². The van der Waals surface area contributed by atoms with Crippen molar-refractivity contribution in [2.75, 3.05) is 11.6 Å². The zero-order valence-electron chi connectivity index (χ0n) is 12.2. The van der Waals surface area contributed by atoms with Gasteiger partial charge in [0.1, 0.15) is 6.04 Å². The Labute approximate surface area is 130 Å². The van der Waals surface area contributed by atoms with Crippen LogP contribution in [0.5, 0.6) is 0 Å². The molecule has 0 spiro atoms. The van der Waals surface area contributed by atoms with Crippen molar-refractivity contribution >= 4 is 27.7 Å². The number of sulfonamides is 1. The van der Waals surface area contributed by atoms with Gasteiger partial charge in [0.2, 0.25) is 15.9 Å². The number of carbonyl (C=O) groups is 1. The number of nitrogens with one attached hydrogen (secondary N) is 1. The summed E-state index contributed by atoms with van der Waals surface area (Å²) in [6, 6.07) is 7.67. The molecule has 0 aliphatic carbocycles. The molecule has 116 valence electrons. The smallest absolute Gasteiger partial charge is 0.244 e. The molecule has 1 aliphatic heterocycles. The van der Waals surface area contributed by atoms with Gasteiger partial charge in [0.05, 0.1) is 10.8 Å². The molecule has 0 unspecified atom stereocenters. The first-order chi connectivity index (χ1) is 9.96. The van der Waals surface area contributed by atoms with E-state index in [2.05, 4.69) is 5.32 Å². The predicted octanol–water partition coefficient (Wildman–Crippen LogP) is 1.66. The Kier molecular flexibility index (Phi) is 5.29. The average Bonchev–Trinajstić information content (AvgIpc) is 2.98. The molecule has 1 aliphatic rings. The maximum absolute atomic E-state index is 12.6. The minimum atomic E-state index is -3.62. The van der Waals surface area contributed by atoms with E-state index < -0.39 is 16.1 Å². The van der Waals surface area contributed by atoms with Crippen molar-refractivity contribution in [1.29, 1.82) is 0 Å². The quantitative estimate of drug-likeness (QED) is 0.893. The first-order valence-corrected chi connectivity index (χ1v) is 9.51. The summed E-state index contributed by atoms with van der Waals surface area (Å²) in [4.78, 5) is 12.5. The normalized spacial score (nSPS) is 21.1. The highest BCUT2D eigenvalue weighted by molar-refractivity contribution is 8.00. The molecule has 1 saturated heterocycles. The van der Waals surface area contributed by atoms with Gasteiger partial charge in [-0.2, -0.15) is 4.31 Å². The van der Waals surface area contributed by atoms with Gasteiger partial charge in [-0.15, -0.1) is 11.8 Å². The molecule has 5 nitrogen and oxygen atoms in total. The summed E-state index contributed by atoms with van der Waals surface area (Å²) in [5.41, 5.74) is 0. The molecule has 0 bridgehead atoms. The maximum Gasteiger partial charge on any atom is 0.244 e. The van der Waals surface area contributed by atoms with Crippen molar-refractivity contribution in [3.05, 3.63) is 30.3 Å². The van der Waals surface area contributed by atoms with Crippen molar-refractivity contribution in [3.63, 3.8) is 0 Å². The Morgan fingerprint density at radius 2 is 2.10 bits per heavy atom. The maximum atomic E-state index is 12.6. The molecule has 0 radical (unpaired) electrons. The lowest BCUT2D eigenvalue weighted by atomic mass is 10.2. The minimum absolute atomic E-state index is 0.0457. The van der Waals surface area contributed by atoms with Crippen LogP contribution >= 0.6 is 11.8 Å². The van der Waals surface area contributed by atoms with Crippen LogP contribution in [0, 0.1) is 0 Å². The zero-order valence-corrected chi connectivity index (χ0v) is 13.8. The van der Waals surface area contributed by atoms with Crippen molar-refractivity contribution in [3.8, 4) is 0 Å². The summed E-state index contributed by atoms with van der Waals surface area (Å²) in [6.07, 6.45) is 0.817. The van der Waals surface area contributed by atoms with Gasteiger partial charge in [-0.3, -0.25) is 4.79 Å². The zero-order chi connectivity index (χ0) is 15.5. The summed E-state index contributed by atoms with van der Waals surface area (Å²) in [7, 11) is -3.62. The fourth-order valence-electron chi connectivity index (χ4n) is 2.04. The molecule has 0 aromatic heterocycles. The van der Waals surface area contributed by atoms with Crippen LogP contribution in [0.2, 0.25) is 0 Å². The largest absolute Gasteiger partial charge is 0.352 e. The van der Waals surface area contributed by atoms with Gasteiger partial charge in [-0.25, -0.2) is 8.42 Å². The third-order valence-electron chi connectivity index (χ3n) is 3.50. The van der Waals surface area contributed by atoms with Gasteiger partial charge in [-0.1, -0.05) is 25.1 Å². The van der Waals surface area contributed by atoms with E-state index in [9.17, 15) is 13.2 Å². The van der Waals surface area contributed by atoms with Gasteiger partial charge in [0.15, 0.2) is 0 Å². The number of nitrogens with zero attached hydrogens (tertiary/aromatic N) is 1. The molecule has 1 N–H and O–H groups in total. The molecular weight excluding hydrogens is 308 g/mol. The van der Waals surface area contributed by atoms with E-state index in [0.717, 1.165) is 6.42 Å². The highest BCUT2D eigenvalue weighted by Crippen LogP contribution is 2.28. The van der Waals surface area contributed by atoms with Crippen LogP contribution in [0.1, 0.15) is 20.3 Å². The molecule has 1 aromatic carbocycles. The van der Waals surface area contributed by atoms with E-state index in [0.29, 0.717) is 11.6 Å². The SMILES string of the molecule is CC[C@@H](C)NC(=O)[C@@H]1CSCN1S(=O)(=O)c1ccccc1. The molecule has 7 heteroatoms. The van der Waals surface area contributed by atoms with E-state index in [4.69, 9.17) is 0 Å². The van der Waals surface area contributed by atoms with Crippen LogP contribution in [-0.2, 0) is 14.8 Å². The Morgan fingerprint density at radius 1 is 1.43 bits per heavy atom. The van der Waals surface area contributed by atoms with Gasteiger partial charge < -0.3 is 5.32 Å². The molecule has 1 amide bonds. The first-order valence-electron chi connectivity index (χ1n) is 6.91. The van der Waals surface area contributed by atoms with Crippen LogP contribution in [0.15, 0.2) is 35.2 Å². The fourth-order valence-corrected chi connectivity index (χ4v) is 5.21. The third kappa shape index (κ3) is 3.59. The highest BCUT2D eigenvalue weighted by atomic mass is 32.2. The molecular formula is C14H20N2O3S2. The summed E-state index contributed by atoms with van der Waals surface area (Å²) in [6.45, 7) is 3.89. The average molecular weight is 328 g/mol. The second-order valence-electron chi connectivity index (χ2n) is 5.04. The van der Waals surface area contributed by atoms with Gasteiger partial charge in [0, 0.05) is 11.8 Å². The number of amides is 1. The number of benzene rings is 1. The van der Waals surface area contributed by atoms with Crippen molar-refractivity contribution in [1.82, 2.24) is 9.62 Å². The van der Waals surface area contributed by atoms with Crippen LogP contribution in [-0.4, -0.2) is 42.3 Å². The number of carbonyl (C=O) groups excluding carboxylic acids is 1. The molecule has 1 aromatic rings. The van der Waals surface area contributed by atoms with E-state index in [1.807, 2.05) is 13.8 Å². The van der Waals surface area contributed by atoms with Crippen molar-refractivity contribution in [2.45, 2.75) is 37.2 Å². The molecule has 0 saturated carbocycles. The highest BCUT2D eigenvalue weighted by Gasteiger charge is 2.40. The van der Waals surface area contributed by atoms with Crippen LogP contribution < -0.4 is 5.32 Å². The topological polar surface area (TPSA) is 66.5 Å². The van der Waals surface area contributed by atoms with Gasteiger partial charge in [0.25, 0.3) is 0 Å². The third-order valence-corrected chi connectivity index (χ3v) is 6.54. The van der Waals surface area contributed by atoms with Crippen molar-refractivity contribution in [2.24, 2.45) is 0 Å². The monoisotopic (exact) mass is 328 g/mol. The Morgan fingerprint density at radius 3 is 2.71 bits per heavy atom. The van der Waals surface area contributed by atoms with Crippen LogP contribution in [0.3, 0.4) is 0 Å². The second kappa shape index (κ2) is 6.81. The lowest BCUT2D eigenvalue weighted by molar-refractivity contribution is -0.124. The summed E-state index contributed by atoms with van der Waals surface area (Å²) in [5, 5.41) is 2.87. The van der Waals surface area contributed by atoms with E-state index in [1.165, 1.54) is 16.1 Å². The summed E-state index contributed by atoms with van der Waals surface area (Å²) >= 11 is 1.46. The first kappa shape index (κ1) is 16.3. The standard InChI is InChI=1S/C14H20N2O3S2/c1-3-11(2)15-14(17)13-9-20-10-16(13)21(18,19)12-7-5-4-6-8-12/h4-8,11,13H,3,9-10H2,1-2H3,(H,15,17)/t11-,13+/m1/s1. The Bertz CT molecular complexity index is 589. The van der Waals surface area contributed by atoms with E-state index >= 15 is 0 Å². The lowest BCUT2D eigenvalue weighted by Crippen LogP contribution is -2.49. The minimum Gasteiger partial charge on any atom is -0.352 e. The molecule has 1 heterocycles. The van der Waals surface area contributed by atoms with E-state index in [1.54, 1.807) is 30.3 Å². The second-order valence-corrected chi connectivity index (χ2v) is 7.93. The van der Waals surface area contributed by atoms with E-state index in [-0.39, 0.29) is 16.8 Å². The van der Waals surface area contributed by atoms with Crippen LogP contribution in [0.4, 0.5) is 0 Å². The lowest BCUT2D eigenvalue weighted by Gasteiger charge is -2.24. The van der Waals surface area contributed by atoms with Crippen LogP contribution in [0.25, 0.3) is 0 Å². The number of hydrogen-bond acceptors (Lipinski definition) is 4. The summed E-state index contributed by atoms with van der Waals surface area (Å²) in [5.74, 6) is 0.596. The number of thioether (sulfide) groups is 1. The van der Waals surface area contributed by atoms with Gasteiger partial charge >= 0.3 is 0 Å². The molecule has 2 rings (SSSR count). The number of rotatable bonds is 5. The number of hydrogen-bond donors (Lipinski definition) is 1. The summed E-state index contributed by atoms with van der Waals surface area (Å²) < 4.78 is 26.6.